The van der Waals surface area contributed by atoms with E-state index in [0.29, 0.717) is 16.3 Å². The van der Waals surface area contributed by atoms with Crippen LogP contribution in [0.5, 0.6) is 5.75 Å². The summed E-state index contributed by atoms with van der Waals surface area (Å²) in [5.41, 5.74) is 0.518. The molecule has 2 aromatic rings. The van der Waals surface area contributed by atoms with Gasteiger partial charge >= 0.3 is 0 Å². The van der Waals surface area contributed by atoms with Crippen LogP contribution in [0.25, 0.3) is 0 Å². The van der Waals surface area contributed by atoms with Crippen molar-refractivity contribution in [1.82, 2.24) is 0 Å². The van der Waals surface area contributed by atoms with Crippen molar-refractivity contribution in [1.29, 1.82) is 0 Å². The Labute approximate surface area is 117 Å². The zero-order chi connectivity index (χ0) is 14.0. The van der Waals surface area contributed by atoms with Crippen LogP contribution in [0.3, 0.4) is 0 Å². The third-order valence-electron chi connectivity index (χ3n) is 2.63. The van der Waals surface area contributed by atoms with Gasteiger partial charge in [-0.15, -0.1) is 11.3 Å². The maximum absolute atomic E-state index is 12.3. The Balaban J connectivity index is 2.28. The highest BCUT2D eigenvalue weighted by atomic mass is 32.2. The number of hydrogen-bond donors (Lipinski definition) is 1. The van der Waals surface area contributed by atoms with Crippen LogP contribution in [0.1, 0.15) is 9.75 Å². The highest BCUT2D eigenvalue weighted by molar-refractivity contribution is 7.93. The molecule has 1 aromatic heterocycles. The van der Waals surface area contributed by atoms with Crippen molar-refractivity contribution in [2.45, 2.75) is 18.7 Å². The van der Waals surface area contributed by atoms with E-state index in [9.17, 15) is 8.42 Å². The van der Waals surface area contributed by atoms with Crippen LogP contribution in [0.15, 0.2) is 35.2 Å². The summed E-state index contributed by atoms with van der Waals surface area (Å²) in [5, 5.41) is 0. The fourth-order valence-corrected chi connectivity index (χ4v) is 4.36. The molecule has 0 aliphatic rings. The number of rotatable bonds is 4. The van der Waals surface area contributed by atoms with Crippen LogP contribution in [0, 0.1) is 13.8 Å². The number of anilines is 1. The SMILES string of the molecule is COc1ccc(NS(=O)(=O)c2cc(C)sc2C)cc1. The van der Waals surface area contributed by atoms with Gasteiger partial charge in [-0.3, -0.25) is 4.72 Å². The maximum atomic E-state index is 12.3. The molecular formula is C13H15NO3S2. The average molecular weight is 297 g/mol. The van der Waals surface area contributed by atoms with Gasteiger partial charge in [0.25, 0.3) is 10.0 Å². The predicted molar refractivity (Wildman–Crippen MR) is 77.6 cm³/mol. The number of methoxy groups -OCH3 is 1. The number of ether oxygens (including phenoxy) is 1. The van der Waals surface area contributed by atoms with Crippen molar-refractivity contribution in [3.63, 3.8) is 0 Å². The van der Waals surface area contributed by atoms with Crippen molar-refractivity contribution in [2.24, 2.45) is 0 Å². The van der Waals surface area contributed by atoms with Crippen LogP contribution >= 0.6 is 11.3 Å². The van der Waals surface area contributed by atoms with Gasteiger partial charge in [-0.1, -0.05) is 0 Å². The second kappa shape index (κ2) is 5.22. The Kier molecular flexibility index (Phi) is 3.82. The molecule has 0 saturated carbocycles. The minimum absolute atomic E-state index is 0.339. The molecule has 0 atom stereocenters. The van der Waals surface area contributed by atoms with Gasteiger partial charge in [-0.25, -0.2) is 8.42 Å². The van der Waals surface area contributed by atoms with Gasteiger partial charge < -0.3 is 4.74 Å². The maximum Gasteiger partial charge on any atom is 0.262 e. The molecule has 102 valence electrons. The molecule has 0 fully saturated rings. The Morgan fingerprint density at radius 2 is 1.79 bits per heavy atom. The average Bonchev–Trinajstić information content (AvgIpc) is 2.70. The summed E-state index contributed by atoms with van der Waals surface area (Å²) < 4.78 is 32.1. The molecular weight excluding hydrogens is 282 g/mol. The minimum Gasteiger partial charge on any atom is -0.497 e. The minimum atomic E-state index is -3.52. The lowest BCUT2D eigenvalue weighted by atomic mass is 10.3. The van der Waals surface area contributed by atoms with E-state index in [4.69, 9.17) is 4.74 Å². The number of hydrogen-bond acceptors (Lipinski definition) is 4. The van der Waals surface area contributed by atoms with Crippen LogP contribution < -0.4 is 9.46 Å². The van der Waals surface area contributed by atoms with Gasteiger partial charge in [0.15, 0.2) is 0 Å². The summed E-state index contributed by atoms with van der Waals surface area (Å²) in [7, 11) is -1.96. The molecule has 0 aliphatic heterocycles. The number of sulfonamides is 1. The first-order valence-corrected chi connectivity index (χ1v) is 7.96. The summed E-state index contributed by atoms with van der Waals surface area (Å²) in [6, 6.07) is 8.45. The van der Waals surface area contributed by atoms with Crippen LogP contribution in [0.4, 0.5) is 5.69 Å². The van der Waals surface area contributed by atoms with E-state index in [-0.39, 0.29) is 0 Å². The van der Waals surface area contributed by atoms with E-state index >= 15 is 0 Å². The summed E-state index contributed by atoms with van der Waals surface area (Å²) >= 11 is 1.47. The first-order valence-electron chi connectivity index (χ1n) is 5.66. The topological polar surface area (TPSA) is 55.4 Å². The Morgan fingerprint density at radius 1 is 1.16 bits per heavy atom. The number of benzene rings is 1. The molecule has 0 spiro atoms. The van der Waals surface area contributed by atoms with Gasteiger partial charge in [0.2, 0.25) is 0 Å². The highest BCUT2D eigenvalue weighted by Crippen LogP contribution is 2.27. The van der Waals surface area contributed by atoms with E-state index in [1.807, 2.05) is 6.92 Å². The molecule has 0 bridgehead atoms. The van der Waals surface area contributed by atoms with E-state index < -0.39 is 10.0 Å². The largest absolute Gasteiger partial charge is 0.497 e. The number of thiophene rings is 1. The molecule has 0 saturated heterocycles. The summed E-state index contributed by atoms with van der Waals surface area (Å²) in [6.45, 7) is 3.70. The molecule has 0 unspecified atom stereocenters. The molecule has 6 heteroatoms. The van der Waals surface area contributed by atoms with Crippen LogP contribution in [-0.2, 0) is 10.0 Å². The summed E-state index contributed by atoms with van der Waals surface area (Å²) in [5.74, 6) is 0.686. The molecule has 4 nitrogen and oxygen atoms in total. The third kappa shape index (κ3) is 3.08. The van der Waals surface area contributed by atoms with E-state index in [2.05, 4.69) is 4.72 Å². The van der Waals surface area contributed by atoms with Gasteiger partial charge in [-0.05, 0) is 44.2 Å². The molecule has 2 rings (SSSR count). The van der Waals surface area contributed by atoms with Crippen molar-refractivity contribution >= 4 is 27.0 Å². The Bertz CT molecular complexity index is 672. The van der Waals surface area contributed by atoms with E-state index in [1.54, 1.807) is 44.4 Å². The quantitative estimate of drug-likeness (QED) is 0.943. The van der Waals surface area contributed by atoms with Gasteiger partial charge in [0.1, 0.15) is 10.6 Å². The first kappa shape index (κ1) is 13.9. The zero-order valence-corrected chi connectivity index (χ0v) is 12.6. The van der Waals surface area contributed by atoms with Crippen molar-refractivity contribution in [3.8, 4) is 5.75 Å². The highest BCUT2D eigenvalue weighted by Gasteiger charge is 2.19. The fraction of sp³-hybridized carbons (Fsp3) is 0.231. The van der Waals surface area contributed by atoms with Crippen LogP contribution in [-0.4, -0.2) is 15.5 Å². The summed E-state index contributed by atoms with van der Waals surface area (Å²) in [6.07, 6.45) is 0. The first-order chi connectivity index (χ1) is 8.92. The van der Waals surface area contributed by atoms with Crippen molar-refractivity contribution < 1.29 is 13.2 Å². The standard InChI is InChI=1S/C13H15NO3S2/c1-9-8-13(10(2)18-9)19(15,16)14-11-4-6-12(17-3)7-5-11/h4-8,14H,1-3H3. The third-order valence-corrected chi connectivity index (χ3v) is 5.23. The second-order valence-corrected chi connectivity index (χ2v) is 7.22. The lowest BCUT2D eigenvalue weighted by Crippen LogP contribution is -2.13. The number of nitrogens with one attached hydrogen (secondary N) is 1. The molecule has 0 radical (unpaired) electrons. The van der Waals surface area contributed by atoms with E-state index in [1.165, 1.54) is 11.3 Å². The zero-order valence-electron chi connectivity index (χ0n) is 10.9. The Morgan fingerprint density at radius 3 is 2.26 bits per heavy atom. The number of aryl methyl sites for hydroxylation is 2. The van der Waals surface area contributed by atoms with Crippen molar-refractivity contribution in [2.75, 3.05) is 11.8 Å². The Hall–Kier alpha value is -1.53. The van der Waals surface area contributed by atoms with Gasteiger partial charge in [0.05, 0.1) is 7.11 Å². The second-order valence-electron chi connectivity index (χ2n) is 4.11. The molecule has 19 heavy (non-hydrogen) atoms. The molecule has 1 aromatic carbocycles. The summed E-state index contributed by atoms with van der Waals surface area (Å²) in [4.78, 5) is 2.11. The van der Waals surface area contributed by atoms with Crippen molar-refractivity contribution in [3.05, 3.63) is 40.1 Å². The smallest absolute Gasteiger partial charge is 0.262 e. The molecule has 0 amide bonds. The predicted octanol–water partition coefficient (Wildman–Crippen LogP) is 3.17. The molecule has 1 heterocycles. The molecule has 1 N–H and O–H groups in total. The van der Waals surface area contributed by atoms with Gasteiger partial charge in [-0.2, -0.15) is 0 Å². The van der Waals surface area contributed by atoms with E-state index in [0.717, 1.165) is 9.75 Å². The normalized spacial score (nSPS) is 11.3. The fourth-order valence-electron chi connectivity index (χ4n) is 1.74. The van der Waals surface area contributed by atoms with Crippen LogP contribution in [0.2, 0.25) is 0 Å². The molecule has 0 aliphatic carbocycles. The lowest BCUT2D eigenvalue weighted by Gasteiger charge is -2.08. The monoisotopic (exact) mass is 297 g/mol. The van der Waals surface area contributed by atoms with Gasteiger partial charge in [0, 0.05) is 15.4 Å². The lowest BCUT2D eigenvalue weighted by molar-refractivity contribution is 0.415.